The molecule has 1 aliphatic carbocycles. The van der Waals surface area contributed by atoms with Gasteiger partial charge in [-0.1, -0.05) is 29.5 Å². The van der Waals surface area contributed by atoms with Gasteiger partial charge in [0.25, 0.3) is 5.89 Å². The average Bonchev–Trinajstić information content (AvgIpc) is 3.63. The van der Waals surface area contributed by atoms with Crippen molar-refractivity contribution < 1.29 is 9.15 Å². The molecule has 11 heteroatoms. The van der Waals surface area contributed by atoms with E-state index in [1.54, 1.807) is 6.20 Å². The second kappa shape index (κ2) is 12.3. The lowest BCUT2D eigenvalue weighted by atomic mass is 9.87. The molecule has 0 amide bonds. The van der Waals surface area contributed by atoms with Gasteiger partial charge in [0.15, 0.2) is 5.13 Å². The lowest BCUT2D eigenvalue weighted by Crippen LogP contribution is -2.44. The van der Waals surface area contributed by atoms with Gasteiger partial charge in [0.2, 0.25) is 5.89 Å². The predicted octanol–water partition coefficient (Wildman–Crippen LogP) is 6.10. The number of hydrogen-bond acceptors (Lipinski definition) is 11. The molecule has 4 aromatic rings. The Hall–Kier alpha value is -3.85. The van der Waals surface area contributed by atoms with E-state index in [0.29, 0.717) is 23.0 Å². The molecule has 2 fully saturated rings. The molecule has 10 nitrogen and oxygen atoms in total. The molecule has 0 bridgehead atoms. The fraction of sp³-hybridized carbons (Fsp3) is 0.433. The minimum Gasteiger partial charge on any atom is -0.415 e. The van der Waals surface area contributed by atoms with Crippen molar-refractivity contribution in [2.24, 2.45) is 5.92 Å². The largest absolute Gasteiger partial charge is 0.415 e. The molecule has 1 aliphatic heterocycles. The molecule has 6 rings (SSSR count). The van der Waals surface area contributed by atoms with Crippen LogP contribution in [0.1, 0.15) is 45.1 Å². The number of rotatable bonds is 8. The number of morpholine rings is 1. The smallest absolute Gasteiger partial charge is 0.259 e. The number of nitrogens with zero attached hydrogens (tertiary/aromatic N) is 6. The molecule has 212 valence electrons. The molecular weight excluding hydrogens is 536 g/mol. The summed E-state index contributed by atoms with van der Waals surface area (Å²) in [6.07, 6.45) is 5.92. The molecule has 0 radical (unpaired) electrons. The summed E-state index contributed by atoms with van der Waals surface area (Å²) in [5, 5.41) is 25.4. The highest BCUT2D eigenvalue weighted by molar-refractivity contribution is 7.18. The Labute approximate surface area is 243 Å². The van der Waals surface area contributed by atoms with Crippen molar-refractivity contribution in [2.45, 2.75) is 64.3 Å². The summed E-state index contributed by atoms with van der Waals surface area (Å²) in [5.41, 5.74) is 2.04. The maximum atomic E-state index is 9.28. The Bertz CT molecular complexity index is 1480. The minimum absolute atomic E-state index is 0.164. The Morgan fingerprint density at radius 3 is 2.49 bits per heavy atom. The predicted molar refractivity (Wildman–Crippen MR) is 159 cm³/mol. The van der Waals surface area contributed by atoms with Crippen molar-refractivity contribution in [3.63, 3.8) is 0 Å². The van der Waals surface area contributed by atoms with Gasteiger partial charge in [-0.3, -0.25) is 4.90 Å². The van der Waals surface area contributed by atoms with E-state index in [1.807, 2.05) is 30.3 Å². The number of anilines is 3. The number of pyridine rings is 1. The number of ether oxygens (including phenoxy) is 1. The van der Waals surface area contributed by atoms with Gasteiger partial charge >= 0.3 is 0 Å². The summed E-state index contributed by atoms with van der Waals surface area (Å²) in [4.78, 5) is 12.7. The van der Waals surface area contributed by atoms with Gasteiger partial charge in [-0.15, -0.1) is 10.2 Å². The minimum atomic E-state index is 0.164. The first-order valence-corrected chi connectivity index (χ1v) is 15.0. The third-order valence-corrected chi connectivity index (χ3v) is 8.35. The summed E-state index contributed by atoms with van der Waals surface area (Å²) in [7, 11) is 0. The summed E-state index contributed by atoms with van der Waals surface area (Å²) in [5.74, 6) is 2.63. The van der Waals surface area contributed by atoms with Crippen LogP contribution in [0.15, 0.2) is 53.1 Å². The zero-order valence-electron chi connectivity index (χ0n) is 23.3. The molecule has 1 aromatic carbocycles. The van der Waals surface area contributed by atoms with Gasteiger partial charge in [-0.2, -0.15) is 5.26 Å². The second-order valence-corrected chi connectivity index (χ2v) is 12.0. The van der Waals surface area contributed by atoms with E-state index >= 15 is 0 Å². The molecule has 1 saturated heterocycles. The zero-order chi connectivity index (χ0) is 28.2. The molecular formula is C30H34N8O2S. The van der Waals surface area contributed by atoms with Crippen molar-refractivity contribution in [2.75, 3.05) is 23.7 Å². The lowest BCUT2D eigenvalue weighted by Gasteiger charge is -2.35. The highest BCUT2D eigenvalue weighted by Crippen LogP contribution is 2.32. The molecule has 2 atom stereocenters. The maximum Gasteiger partial charge on any atom is 0.259 e. The van der Waals surface area contributed by atoms with Gasteiger partial charge < -0.3 is 19.8 Å². The Kier molecular flexibility index (Phi) is 8.23. The fourth-order valence-electron chi connectivity index (χ4n) is 5.62. The van der Waals surface area contributed by atoms with E-state index in [-0.39, 0.29) is 18.1 Å². The van der Waals surface area contributed by atoms with Crippen molar-refractivity contribution in [3.8, 4) is 28.3 Å². The molecule has 2 aliphatic rings. The van der Waals surface area contributed by atoms with E-state index in [9.17, 15) is 5.26 Å². The second-order valence-electron chi connectivity index (χ2n) is 11.0. The van der Waals surface area contributed by atoms with Crippen molar-refractivity contribution >= 4 is 28.1 Å². The summed E-state index contributed by atoms with van der Waals surface area (Å²) in [6.45, 7) is 6.83. The molecule has 3 aromatic heterocycles. The van der Waals surface area contributed by atoms with Crippen LogP contribution in [0, 0.1) is 17.2 Å². The van der Waals surface area contributed by atoms with Crippen LogP contribution >= 0.6 is 11.3 Å². The first kappa shape index (κ1) is 27.3. The van der Waals surface area contributed by atoms with Crippen molar-refractivity contribution in [1.82, 2.24) is 25.1 Å². The normalized spacial score (nSPS) is 23.1. The fourth-order valence-corrected chi connectivity index (χ4v) is 6.37. The van der Waals surface area contributed by atoms with Gasteiger partial charge in [0.05, 0.1) is 24.5 Å². The average molecular weight is 571 g/mol. The van der Waals surface area contributed by atoms with Crippen LogP contribution in [-0.2, 0) is 11.3 Å². The molecule has 4 heterocycles. The monoisotopic (exact) mass is 570 g/mol. The molecule has 1 saturated carbocycles. The van der Waals surface area contributed by atoms with Crippen molar-refractivity contribution in [1.29, 1.82) is 5.26 Å². The highest BCUT2D eigenvalue weighted by Gasteiger charge is 2.24. The lowest BCUT2D eigenvalue weighted by molar-refractivity contribution is -0.0704. The number of nitrogens with one attached hydrogen (secondary N) is 2. The van der Waals surface area contributed by atoms with Crippen LogP contribution in [0.25, 0.3) is 22.2 Å². The number of nitriles is 1. The van der Waals surface area contributed by atoms with E-state index in [0.717, 1.165) is 73.0 Å². The molecule has 41 heavy (non-hydrogen) atoms. The number of benzene rings is 1. The van der Waals surface area contributed by atoms with Gasteiger partial charge in [0.1, 0.15) is 16.5 Å². The summed E-state index contributed by atoms with van der Waals surface area (Å²) < 4.78 is 11.9. The van der Waals surface area contributed by atoms with E-state index < -0.39 is 0 Å². The Balaban J connectivity index is 1.20. The summed E-state index contributed by atoms with van der Waals surface area (Å²) >= 11 is 1.44. The summed E-state index contributed by atoms with van der Waals surface area (Å²) in [6, 6.07) is 16.7. The maximum absolute atomic E-state index is 9.28. The van der Waals surface area contributed by atoms with Crippen LogP contribution in [0.4, 0.5) is 16.8 Å². The van der Waals surface area contributed by atoms with Crippen LogP contribution in [0.5, 0.6) is 0 Å². The van der Waals surface area contributed by atoms with Crippen LogP contribution < -0.4 is 10.6 Å². The topological polar surface area (TPSA) is 125 Å². The first-order valence-electron chi connectivity index (χ1n) is 14.2. The Morgan fingerprint density at radius 1 is 1.00 bits per heavy atom. The molecule has 2 N–H and O–H groups in total. The van der Waals surface area contributed by atoms with Crippen LogP contribution in [0.2, 0.25) is 0 Å². The van der Waals surface area contributed by atoms with Gasteiger partial charge in [-0.05, 0) is 69.4 Å². The Morgan fingerprint density at radius 2 is 1.73 bits per heavy atom. The third kappa shape index (κ3) is 6.90. The number of thiazole rings is 1. The van der Waals surface area contributed by atoms with Crippen molar-refractivity contribution in [3.05, 3.63) is 54.2 Å². The third-order valence-electron chi connectivity index (χ3n) is 7.45. The highest BCUT2D eigenvalue weighted by atomic mass is 32.1. The molecule has 0 spiro atoms. The van der Waals surface area contributed by atoms with Crippen LogP contribution in [-0.4, -0.2) is 56.4 Å². The van der Waals surface area contributed by atoms with Crippen LogP contribution in [0.3, 0.4) is 0 Å². The number of aromatic nitrogens is 4. The first-order chi connectivity index (χ1) is 20.0. The van der Waals surface area contributed by atoms with E-state index in [4.69, 9.17) is 14.1 Å². The van der Waals surface area contributed by atoms with E-state index in [2.05, 4.69) is 62.8 Å². The zero-order valence-corrected chi connectivity index (χ0v) is 24.1. The quantitative estimate of drug-likeness (QED) is 0.257. The van der Waals surface area contributed by atoms with Gasteiger partial charge in [-0.25, -0.2) is 9.97 Å². The van der Waals surface area contributed by atoms with E-state index in [1.165, 1.54) is 11.3 Å². The SMILES string of the molecule is C[C@@H]1CN(Cc2cc(Nc3ncc(-c4nnc(-c5ccccc5)o4)s3)nc(NC3CCC(C#N)CC3)c2)C[C@H](C)O1. The molecule has 0 unspecified atom stereocenters. The standard InChI is InChI=1S/C30H34N8O2S/c1-19-16-38(17-20(2)39-19)18-22-12-26(33-24-10-8-21(14-31)9-11-24)34-27(13-22)35-30-32-15-25(41-30)29-37-36-28(40-29)23-6-4-3-5-7-23/h3-7,12-13,15,19-21,24H,8-11,16-18H2,1-2H3,(H2,32,33,34,35)/t19-,20+,21?,24?. The number of hydrogen-bond donors (Lipinski definition) is 2. The van der Waals surface area contributed by atoms with Gasteiger partial charge in [0, 0.05) is 37.2 Å².